The smallest absolute Gasteiger partial charge is 0.142 e. The molecule has 0 fully saturated rings. The quantitative estimate of drug-likeness (QED) is 0.158. The lowest BCUT2D eigenvalue weighted by atomic mass is 9.75. The van der Waals surface area contributed by atoms with Crippen LogP contribution in [0, 0.1) is 18.8 Å². The molecule has 5 nitrogen and oxygen atoms in total. The molecule has 49 heavy (non-hydrogen) atoms. The molecule has 3 aromatic carbocycles. The lowest BCUT2D eigenvalue weighted by Crippen LogP contribution is -2.22. The second-order valence-corrected chi connectivity index (χ2v) is 15.2. The van der Waals surface area contributed by atoms with Crippen LogP contribution in [0.3, 0.4) is 0 Å². The van der Waals surface area contributed by atoms with Gasteiger partial charge in [0.25, 0.3) is 0 Å². The third-order valence-corrected chi connectivity index (χ3v) is 11.5. The van der Waals surface area contributed by atoms with Gasteiger partial charge in [0.15, 0.2) is 0 Å². The van der Waals surface area contributed by atoms with Crippen molar-refractivity contribution in [2.24, 2.45) is 17.6 Å². The summed E-state index contributed by atoms with van der Waals surface area (Å²) < 4.78 is 6.23. The number of benzene rings is 3. The van der Waals surface area contributed by atoms with Crippen molar-refractivity contribution in [2.75, 3.05) is 0 Å². The number of hydrogen-bond acceptors (Lipinski definition) is 4. The Hall–Kier alpha value is -4.68. The zero-order valence-corrected chi connectivity index (χ0v) is 30.5. The highest BCUT2D eigenvalue weighted by Crippen LogP contribution is 2.43. The van der Waals surface area contributed by atoms with Crippen LogP contribution in [0.4, 0.5) is 0 Å². The van der Waals surface area contributed by atoms with Gasteiger partial charge in [-0.05, 0) is 85.5 Å². The molecule has 3 aromatic heterocycles. The van der Waals surface area contributed by atoms with E-state index < -0.39 is 0 Å². The fourth-order valence-electron chi connectivity index (χ4n) is 8.02. The molecule has 7 rings (SSSR count). The molecule has 1 aliphatic rings. The maximum Gasteiger partial charge on any atom is 0.142 e. The van der Waals surface area contributed by atoms with Crippen LogP contribution in [-0.2, 0) is 19.5 Å². The molecule has 1 aliphatic carbocycles. The number of imidazole rings is 2. The van der Waals surface area contributed by atoms with Crippen molar-refractivity contribution in [3.8, 4) is 11.4 Å². The van der Waals surface area contributed by atoms with Crippen LogP contribution in [0.2, 0.25) is 0 Å². The number of allylic oxidation sites excluding steroid dienone is 4. The van der Waals surface area contributed by atoms with E-state index in [0.29, 0.717) is 17.5 Å². The Bertz CT molecular complexity index is 2320. The summed E-state index contributed by atoms with van der Waals surface area (Å²) in [5.41, 5.74) is 18.4. The molecule has 250 valence electrons. The first kappa shape index (κ1) is 32.8. The Morgan fingerprint density at radius 1 is 1.02 bits per heavy atom. The molecule has 0 bridgehead atoms. The van der Waals surface area contributed by atoms with E-state index in [0.717, 1.165) is 70.8 Å². The van der Waals surface area contributed by atoms with Crippen molar-refractivity contribution in [2.45, 2.75) is 73.4 Å². The topological polar surface area (TPSA) is 61.7 Å². The van der Waals surface area contributed by atoms with Crippen molar-refractivity contribution in [3.05, 3.63) is 118 Å². The highest BCUT2D eigenvalue weighted by molar-refractivity contribution is 7.19. The molecule has 2 atom stereocenters. The van der Waals surface area contributed by atoms with Crippen LogP contribution >= 0.6 is 11.3 Å². The van der Waals surface area contributed by atoms with E-state index in [9.17, 15) is 0 Å². The summed E-state index contributed by atoms with van der Waals surface area (Å²) in [6.07, 6.45) is 8.54. The molecule has 0 aliphatic heterocycles. The zero-order chi connectivity index (χ0) is 34.6. The van der Waals surface area contributed by atoms with Crippen LogP contribution in [0.25, 0.3) is 55.3 Å². The van der Waals surface area contributed by atoms with E-state index in [-0.39, 0.29) is 5.92 Å². The lowest BCUT2D eigenvalue weighted by Gasteiger charge is -2.31. The van der Waals surface area contributed by atoms with Gasteiger partial charge in [0.05, 0.1) is 22.1 Å². The lowest BCUT2D eigenvalue weighted by molar-refractivity contribution is 0.451. The van der Waals surface area contributed by atoms with Gasteiger partial charge < -0.3 is 14.9 Å². The second kappa shape index (κ2) is 13.0. The fourth-order valence-corrected chi connectivity index (χ4v) is 9.13. The molecule has 0 saturated carbocycles. The maximum atomic E-state index is 6.18. The van der Waals surface area contributed by atoms with E-state index in [4.69, 9.17) is 15.7 Å². The van der Waals surface area contributed by atoms with E-state index in [1.165, 1.54) is 37.2 Å². The Morgan fingerprint density at radius 2 is 1.76 bits per heavy atom. The molecule has 6 heteroatoms. The first-order valence-corrected chi connectivity index (χ1v) is 18.4. The highest BCUT2D eigenvalue weighted by Gasteiger charge is 2.32. The third kappa shape index (κ3) is 5.66. The van der Waals surface area contributed by atoms with Crippen LogP contribution < -0.4 is 5.73 Å². The maximum absolute atomic E-state index is 6.18. The third-order valence-electron chi connectivity index (χ3n) is 10.4. The summed E-state index contributed by atoms with van der Waals surface area (Å²) in [6.45, 7) is 23.3. The standard InChI is InChI=1S/C43H47N5S/c1-9-30-17-19-35-33(23-30)45-43(40-29(8)49-37-16-12-15-31(10-2)41(37)40)48(35)22-21-47-36-20-18-32(28(7)44)24-34(36)46-42(47)38(25(3)4)39-26(5)13-11-14-27(39)6/h9,11-13,15-20,23-25,27,38H,1,7,10,14,21-22,44H2,2-6,8H3. The summed E-state index contributed by atoms with van der Waals surface area (Å²) in [6, 6.07) is 19.6. The summed E-state index contributed by atoms with van der Waals surface area (Å²) in [5.74, 6) is 3.15. The van der Waals surface area contributed by atoms with Crippen LogP contribution in [0.15, 0.2) is 91.1 Å². The molecular weight excluding hydrogens is 619 g/mol. The molecule has 0 radical (unpaired) electrons. The van der Waals surface area contributed by atoms with Crippen molar-refractivity contribution in [1.29, 1.82) is 0 Å². The molecule has 3 heterocycles. The van der Waals surface area contributed by atoms with Crippen molar-refractivity contribution in [1.82, 2.24) is 19.1 Å². The Kier molecular flexibility index (Phi) is 8.70. The average Bonchev–Trinajstić information content (AvgIpc) is 3.73. The van der Waals surface area contributed by atoms with E-state index in [1.807, 2.05) is 17.4 Å². The summed E-state index contributed by atoms with van der Waals surface area (Å²) in [7, 11) is 0. The van der Waals surface area contributed by atoms with Gasteiger partial charge in [0.1, 0.15) is 11.6 Å². The Morgan fingerprint density at radius 3 is 2.47 bits per heavy atom. The van der Waals surface area contributed by atoms with Crippen molar-refractivity contribution in [3.63, 3.8) is 0 Å². The number of fused-ring (bicyclic) bond motifs is 3. The van der Waals surface area contributed by atoms with Gasteiger partial charge in [-0.1, -0.05) is 94.5 Å². The van der Waals surface area contributed by atoms with E-state index >= 15 is 0 Å². The van der Waals surface area contributed by atoms with Gasteiger partial charge in [0, 0.05) is 45.2 Å². The van der Waals surface area contributed by atoms with E-state index in [2.05, 4.69) is 131 Å². The first-order chi connectivity index (χ1) is 23.6. The van der Waals surface area contributed by atoms with Gasteiger partial charge in [-0.25, -0.2) is 9.97 Å². The van der Waals surface area contributed by atoms with Crippen LogP contribution in [0.1, 0.15) is 74.3 Å². The number of nitrogens with two attached hydrogens (primary N) is 1. The van der Waals surface area contributed by atoms with E-state index in [1.54, 1.807) is 0 Å². The number of aromatic nitrogens is 4. The molecular formula is C43H47N5S. The SMILES string of the molecule is C=Cc1ccc2c(c1)nc(-c1c(C)sc3cccc(CC)c13)n2CCn1c(C(C2=C(C)C=CCC2C)C(C)C)nc2cc(C(=C)N)ccc21. The molecule has 6 aromatic rings. The largest absolute Gasteiger partial charge is 0.399 e. The summed E-state index contributed by atoms with van der Waals surface area (Å²) in [5, 5.41) is 1.33. The first-order valence-electron chi connectivity index (χ1n) is 17.6. The predicted molar refractivity (Wildman–Crippen MR) is 211 cm³/mol. The normalized spacial score (nSPS) is 15.7. The number of aryl methyl sites for hydroxylation is 4. The summed E-state index contributed by atoms with van der Waals surface area (Å²) >= 11 is 1.86. The molecule has 0 spiro atoms. The van der Waals surface area contributed by atoms with Crippen LogP contribution in [-0.4, -0.2) is 19.1 Å². The zero-order valence-electron chi connectivity index (χ0n) is 29.7. The molecule has 2 N–H and O–H groups in total. The minimum absolute atomic E-state index is 0.182. The Balaban J connectivity index is 1.43. The van der Waals surface area contributed by atoms with Gasteiger partial charge in [-0.15, -0.1) is 11.3 Å². The van der Waals surface area contributed by atoms with Gasteiger partial charge >= 0.3 is 0 Å². The van der Waals surface area contributed by atoms with Gasteiger partial charge in [-0.2, -0.15) is 0 Å². The predicted octanol–water partition coefficient (Wildman–Crippen LogP) is 11.1. The van der Waals surface area contributed by atoms with Gasteiger partial charge in [-0.3, -0.25) is 0 Å². The van der Waals surface area contributed by atoms with Crippen LogP contribution in [0.5, 0.6) is 0 Å². The fraction of sp³-hybridized carbons (Fsp3) is 0.302. The Labute approximate surface area is 294 Å². The molecule has 0 saturated heterocycles. The number of nitrogens with zero attached hydrogens (tertiary/aromatic N) is 4. The minimum atomic E-state index is 0.182. The summed E-state index contributed by atoms with van der Waals surface area (Å²) in [4.78, 5) is 12.1. The number of thiophene rings is 1. The average molecular weight is 666 g/mol. The van der Waals surface area contributed by atoms with Crippen molar-refractivity contribution < 1.29 is 0 Å². The number of rotatable bonds is 10. The highest BCUT2D eigenvalue weighted by atomic mass is 32.1. The minimum Gasteiger partial charge on any atom is -0.399 e. The second-order valence-electron chi connectivity index (χ2n) is 14.0. The van der Waals surface area contributed by atoms with Gasteiger partial charge in [0.2, 0.25) is 0 Å². The molecule has 2 unspecified atom stereocenters. The van der Waals surface area contributed by atoms with Crippen molar-refractivity contribution >= 4 is 55.3 Å². The number of hydrogen-bond donors (Lipinski definition) is 1. The molecule has 0 amide bonds. The monoisotopic (exact) mass is 665 g/mol.